The molecule has 196 valence electrons. The second-order valence-electron chi connectivity index (χ2n) is 8.05. The average Bonchev–Trinajstić information content (AvgIpc) is 2.90. The largest absolute Gasteiger partial charge is 0.495 e. The second kappa shape index (κ2) is 12.9. The molecule has 0 saturated carbocycles. The molecule has 2 aromatic carbocycles. The van der Waals surface area contributed by atoms with Crippen LogP contribution in [0.5, 0.6) is 11.5 Å². The van der Waals surface area contributed by atoms with Gasteiger partial charge in [-0.05, 0) is 37.4 Å². The van der Waals surface area contributed by atoms with Crippen LogP contribution in [0.1, 0.15) is 10.4 Å². The van der Waals surface area contributed by atoms with E-state index in [9.17, 15) is 4.79 Å². The summed E-state index contributed by atoms with van der Waals surface area (Å²) in [5.41, 5.74) is 8.22. The molecule has 12 heteroatoms. The minimum atomic E-state index is -0.538. The maximum Gasteiger partial charge on any atom is 0.290 e. The van der Waals surface area contributed by atoms with Crippen LogP contribution in [-0.2, 0) is 4.79 Å². The molecule has 12 nitrogen and oxygen atoms in total. The summed E-state index contributed by atoms with van der Waals surface area (Å²) in [6.45, 7) is 3.57. The number of benzene rings is 2. The number of hydrogen-bond acceptors (Lipinski definition) is 10. The molecular weight excluding hydrogens is 478 g/mol. The monoisotopic (exact) mass is 509 g/mol. The van der Waals surface area contributed by atoms with Crippen LogP contribution >= 0.6 is 0 Å². The predicted molar refractivity (Wildman–Crippen MR) is 142 cm³/mol. The summed E-state index contributed by atoms with van der Waals surface area (Å²) in [5, 5.41) is 13.3. The normalized spacial score (nSPS) is 13.1. The van der Waals surface area contributed by atoms with Gasteiger partial charge in [0.1, 0.15) is 5.75 Å². The van der Waals surface area contributed by atoms with Gasteiger partial charge >= 0.3 is 0 Å². The van der Waals surface area contributed by atoms with Crippen molar-refractivity contribution in [2.45, 2.75) is 0 Å². The topological polar surface area (TPSA) is 155 Å². The van der Waals surface area contributed by atoms with Crippen molar-refractivity contribution in [2.24, 2.45) is 5.73 Å². The second-order valence-corrected chi connectivity index (χ2v) is 8.05. The first kappa shape index (κ1) is 27.0. The number of primary amides is 1. The number of methoxy groups -OCH3 is 2. The molecule has 1 aromatic heterocycles. The van der Waals surface area contributed by atoms with E-state index in [1.807, 2.05) is 18.2 Å². The van der Waals surface area contributed by atoms with Crippen molar-refractivity contribution in [3.63, 3.8) is 0 Å². The fraction of sp³-hybridized carbons (Fsp3) is 0.280. The number of para-hydroxylation sites is 1. The van der Waals surface area contributed by atoms with E-state index < -0.39 is 5.91 Å². The van der Waals surface area contributed by atoms with E-state index >= 15 is 0 Å². The molecule has 5 N–H and O–H groups in total. The maximum absolute atomic E-state index is 11.8. The minimum absolute atomic E-state index is 0.250. The third-order valence-corrected chi connectivity index (χ3v) is 5.70. The summed E-state index contributed by atoms with van der Waals surface area (Å²) < 4.78 is 11.0. The molecule has 3 aromatic rings. The van der Waals surface area contributed by atoms with Crippen molar-refractivity contribution in [2.75, 3.05) is 63.0 Å². The number of piperazine rings is 1. The third-order valence-electron chi connectivity index (χ3n) is 5.70. The fourth-order valence-electron chi connectivity index (χ4n) is 3.80. The number of carbonyl (C=O) groups excluding carboxylic acids is 1. The molecule has 4 rings (SSSR count). The molecule has 1 fully saturated rings. The Labute approximate surface area is 215 Å². The molecule has 2 heterocycles. The van der Waals surface area contributed by atoms with Crippen molar-refractivity contribution in [3.8, 4) is 11.5 Å². The minimum Gasteiger partial charge on any atom is -0.495 e. The van der Waals surface area contributed by atoms with Crippen LogP contribution in [0.4, 0.5) is 28.8 Å². The van der Waals surface area contributed by atoms with Crippen LogP contribution < -0.4 is 30.7 Å². The number of nitrogens with two attached hydrogens (primary N) is 1. The van der Waals surface area contributed by atoms with Crippen molar-refractivity contribution in [1.29, 1.82) is 0 Å². The Morgan fingerprint density at radius 3 is 2.38 bits per heavy atom. The number of nitrogens with one attached hydrogen (secondary N) is 2. The van der Waals surface area contributed by atoms with Crippen LogP contribution in [0.25, 0.3) is 0 Å². The number of anilines is 5. The first-order valence-corrected chi connectivity index (χ1v) is 11.4. The number of amides is 1. The highest BCUT2D eigenvalue weighted by atomic mass is 16.5. The highest BCUT2D eigenvalue weighted by Gasteiger charge is 2.19. The van der Waals surface area contributed by atoms with Gasteiger partial charge < -0.3 is 40.7 Å². The number of carboxylic acid groups (broad SMARTS) is 1. The Balaban J connectivity index is 0.00000121. The van der Waals surface area contributed by atoms with Gasteiger partial charge in [-0.25, -0.2) is 4.98 Å². The van der Waals surface area contributed by atoms with Crippen LogP contribution in [0, 0.1) is 0 Å². The van der Waals surface area contributed by atoms with Crippen LogP contribution in [-0.4, -0.2) is 79.8 Å². The molecular formula is C25H31N7O5. The summed E-state index contributed by atoms with van der Waals surface area (Å²) >= 11 is 0. The van der Waals surface area contributed by atoms with Crippen molar-refractivity contribution in [3.05, 3.63) is 54.2 Å². The van der Waals surface area contributed by atoms with Gasteiger partial charge in [-0.15, -0.1) is 0 Å². The van der Waals surface area contributed by atoms with E-state index in [4.69, 9.17) is 25.1 Å². The highest BCUT2D eigenvalue weighted by Crippen LogP contribution is 2.33. The molecule has 37 heavy (non-hydrogen) atoms. The van der Waals surface area contributed by atoms with E-state index in [1.165, 1.54) is 7.11 Å². The number of carbonyl (C=O) groups is 2. The fourth-order valence-corrected chi connectivity index (χ4v) is 3.80. The number of rotatable bonds is 8. The first-order valence-electron chi connectivity index (χ1n) is 11.4. The van der Waals surface area contributed by atoms with Crippen molar-refractivity contribution in [1.82, 2.24) is 14.9 Å². The molecule has 0 atom stereocenters. The van der Waals surface area contributed by atoms with Crippen LogP contribution in [0.2, 0.25) is 0 Å². The van der Waals surface area contributed by atoms with E-state index in [0.717, 1.165) is 43.3 Å². The summed E-state index contributed by atoms with van der Waals surface area (Å²) in [6, 6.07) is 12.8. The summed E-state index contributed by atoms with van der Waals surface area (Å²) in [7, 11) is 5.33. The summed E-state index contributed by atoms with van der Waals surface area (Å²) in [5.74, 6) is 1.48. The number of likely N-dealkylation sites (N-methyl/N-ethyl adjacent to an activating group) is 1. The predicted octanol–water partition coefficient (Wildman–Crippen LogP) is 2.53. The number of ether oxygens (including phenoxy) is 2. The zero-order valence-electron chi connectivity index (χ0n) is 21.0. The van der Waals surface area contributed by atoms with Gasteiger partial charge in [-0.2, -0.15) is 4.98 Å². The molecule has 0 spiro atoms. The number of nitrogens with zero attached hydrogens (tertiary/aromatic N) is 4. The summed E-state index contributed by atoms with van der Waals surface area (Å²) in [4.78, 5) is 33.7. The lowest BCUT2D eigenvalue weighted by Crippen LogP contribution is -2.44. The summed E-state index contributed by atoms with van der Waals surface area (Å²) in [6.07, 6.45) is 1.56. The Bertz CT molecular complexity index is 1220. The lowest BCUT2D eigenvalue weighted by atomic mass is 10.1. The Kier molecular flexibility index (Phi) is 9.44. The zero-order valence-corrected chi connectivity index (χ0v) is 21.0. The molecule has 0 bridgehead atoms. The van der Waals surface area contributed by atoms with Crippen molar-refractivity contribution >= 4 is 41.2 Å². The Morgan fingerprint density at radius 1 is 1.05 bits per heavy atom. The first-order chi connectivity index (χ1) is 17.9. The maximum atomic E-state index is 11.8. The van der Waals surface area contributed by atoms with Gasteiger partial charge in [0.05, 0.1) is 37.4 Å². The van der Waals surface area contributed by atoms with Gasteiger partial charge in [0.2, 0.25) is 5.95 Å². The molecule has 1 aliphatic heterocycles. The Morgan fingerprint density at radius 2 is 1.73 bits per heavy atom. The van der Waals surface area contributed by atoms with Gasteiger partial charge in [0, 0.05) is 31.9 Å². The molecule has 1 saturated heterocycles. The smallest absolute Gasteiger partial charge is 0.290 e. The van der Waals surface area contributed by atoms with Crippen LogP contribution in [0.15, 0.2) is 48.7 Å². The molecule has 0 radical (unpaired) electrons. The Hall–Kier alpha value is -4.58. The van der Waals surface area contributed by atoms with Gasteiger partial charge in [-0.1, -0.05) is 12.1 Å². The SMILES string of the molecule is COc1ccc(Nc2ncc(OC)c(Nc3ccccc3C(N)=O)n2)cc1N1CCN(C)CC1.O=CO. The quantitative estimate of drug-likeness (QED) is 0.331. The molecule has 1 aliphatic rings. The number of aromatic nitrogens is 2. The lowest BCUT2D eigenvalue weighted by Gasteiger charge is -2.34. The molecule has 0 unspecified atom stereocenters. The van der Waals surface area contributed by atoms with Gasteiger partial charge in [-0.3, -0.25) is 9.59 Å². The van der Waals surface area contributed by atoms with E-state index in [1.54, 1.807) is 37.6 Å². The van der Waals surface area contributed by atoms with Gasteiger partial charge in [0.15, 0.2) is 11.6 Å². The third kappa shape index (κ3) is 6.98. The zero-order chi connectivity index (χ0) is 26.8. The van der Waals surface area contributed by atoms with Crippen molar-refractivity contribution < 1.29 is 24.2 Å². The van der Waals surface area contributed by atoms with E-state index in [-0.39, 0.29) is 6.47 Å². The molecule has 1 amide bonds. The molecule has 0 aliphatic carbocycles. The number of hydrogen-bond donors (Lipinski definition) is 4. The standard InChI is InChI=1S/C24H29N7O3.CH2O2/c1-30-10-12-31(13-11-30)19-14-16(8-9-20(19)33-2)27-24-26-15-21(34-3)23(29-24)28-18-7-5-4-6-17(18)22(25)32;2-1-3/h4-9,14-15H,10-13H2,1-3H3,(H2,25,32)(H2,26,27,28,29);1H,(H,2,3). The van der Waals surface area contributed by atoms with E-state index in [0.29, 0.717) is 28.8 Å². The van der Waals surface area contributed by atoms with Crippen LogP contribution in [0.3, 0.4) is 0 Å². The van der Waals surface area contributed by atoms with E-state index in [2.05, 4.69) is 37.4 Å². The average molecular weight is 510 g/mol. The lowest BCUT2D eigenvalue weighted by molar-refractivity contribution is -0.122. The highest BCUT2D eigenvalue weighted by molar-refractivity contribution is 5.99. The van der Waals surface area contributed by atoms with Gasteiger partial charge in [0.25, 0.3) is 12.4 Å².